The Morgan fingerprint density at radius 2 is 1.92 bits per heavy atom. The van der Waals surface area contributed by atoms with Crippen molar-refractivity contribution in [3.8, 4) is 28.7 Å². The van der Waals surface area contributed by atoms with Crippen LogP contribution in [0.3, 0.4) is 0 Å². The first kappa shape index (κ1) is 23.1. The van der Waals surface area contributed by atoms with E-state index in [4.69, 9.17) is 15.8 Å². The zero-order valence-corrected chi connectivity index (χ0v) is 19.5. The first-order valence-electron chi connectivity index (χ1n) is 11.4. The zero-order valence-electron chi connectivity index (χ0n) is 19.5. The SMILES string of the molecule is C[C@@H](c1cccc(Cn2cc(-c3cc(-c4cccc(C#N)c4)nc(N)n3)nn2)n1)N1CC(C(=O)O)C1. The number of nitrogens with zero attached hydrogens (tertiary/aromatic N) is 8. The van der Waals surface area contributed by atoms with Gasteiger partial charge in [-0.1, -0.05) is 23.4 Å². The fourth-order valence-corrected chi connectivity index (χ4v) is 4.14. The number of nitrogen functional groups attached to an aromatic ring is 1. The number of benzene rings is 1. The Labute approximate surface area is 206 Å². The Bertz CT molecular complexity index is 1470. The molecule has 1 aliphatic rings. The molecule has 0 amide bonds. The molecule has 0 spiro atoms. The van der Waals surface area contributed by atoms with Crippen LogP contribution in [0.2, 0.25) is 0 Å². The van der Waals surface area contributed by atoms with Gasteiger partial charge in [0.1, 0.15) is 5.69 Å². The third-order valence-corrected chi connectivity index (χ3v) is 6.22. The van der Waals surface area contributed by atoms with E-state index in [9.17, 15) is 10.1 Å². The van der Waals surface area contributed by atoms with Crippen molar-refractivity contribution in [1.82, 2.24) is 34.8 Å². The van der Waals surface area contributed by atoms with Crippen LogP contribution in [-0.2, 0) is 11.3 Å². The van der Waals surface area contributed by atoms with Gasteiger partial charge in [-0.2, -0.15) is 5.26 Å². The number of hydrogen-bond donors (Lipinski definition) is 2. The van der Waals surface area contributed by atoms with Crippen molar-refractivity contribution >= 4 is 11.9 Å². The van der Waals surface area contributed by atoms with Gasteiger partial charge in [0.15, 0.2) is 0 Å². The number of rotatable bonds is 7. The molecule has 0 unspecified atom stereocenters. The molecule has 11 heteroatoms. The number of nitrogens with two attached hydrogens (primary N) is 1. The van der Waals surface area contributed by atoms with E-state index >= 15 is 0 Å². The van der Waals surface area contributed by atoms with Crippen LogP contribution < -0.4 is 5.73 Å². The van der Waals surface area contributed by atoms with Crippen LogP contribution in [0.5, 0.6) is 0 Å². The van der Waals surface area contributed by atoms with Crippen molar-refractivity contribution in [1.29, 1.82) is 5.26 Å². The number of carboxylic acid groups (broad SMARTS) is 1. The minimum atomic E-state index is -0.754. The molecule has 0 saturated carbocycles. The van der Waals surface area contributed by atoms with E-state index in [0.29, 0.717) is 42.3 Å². The molecule has 5 rings (SSSR count). The number of carboxylic acids is 1. The fraction of sp³-hybridized carbons (Fsp3) is 0.240. The molecule has 1 saturated heterocycles. The van der Waals surface area contributed by atoms with Gasteiger partial charge in [-0.15, -0.1) is 5.10 Å². The van der Waals surface area contributed by atoms with Crippen LogP contribution in [0.25, 0.3) is 22.6 Å². The molecule has 1 aromatic carbocycles. The lowest BCUT2D eigenvalue weighted by molar-refractivity contribution is -0.148. The molecule has 0 radical (unpaired) electrons. The average Bonchev–Trinajstić information content (AvgIpc) is 3.31. The monoisotopic (exact) mass is 481 g/mol. The predicted molar refractivity (Wildman–Crippen MR) is 130 cm³/mol. The van der Waals surface area contributed by atoms with Gasteiger partial charge < -0.3 is 10.8 Å². The molecule has 36 heavy (non-hydrogen) atoms. The van der Waals surface area contributed by atoms with Crippen molar-refractivity contribution in [3.63, 3.8) is 0 Å². The van der Waals surface area contributed by atoms with Crippen molar-refractivity contribution in [3.05, 3.63) is 71.7 Å². The summed E-state index contributed by atoms with van der Waals surface area (Å²) in [5.41, 5.74) is 10.6. The number of aliphatic carboxylic acids is 1. The number of pyridine rings is 1. The normalized spacial score (nSPS) is 14.7. The summed E-state index contributed by atoms with van der Waals surface area (Å²) in [6.45, 7) is 3.49. The molecule has 1 atom stereocenters. The van der Waals surface area contributed by atoms with Gasteiger partial charge in [0.05, 0.1) is 53.1 Å². The lowest BCUT2D eigenvalue weighted by Crippen LogP contribution is -2.51. The lowest BCUT2D eigenvalue weighted by Gasteiger charge is -2.40. The van der Waals surface area contributed by atoms with Crippen LogP contribution in [0.4, 0.5) is 5.95 Å². The highest BCUT2D eigenvalue weighted by Crippen LogP contribution is 2.28. The summed E-state index contributed by atoms with van der Waals surface area (Å²) >= 11 is 0. The summed E-state index contributed by atoms with van der Waals surface area (Å²) in [5.74, 6) is -0.967. The Balaban J connectivity index is 1.33. The molecule has 0 aliphatic carbocycles. The van der Waals surface area contributed by atoms with Crippen molar-refractivity contribution in [2.75, 3.05) is 18.8 Å². The van der Waals surface area contributed by atoms with Gasteiger partial charge in [-0.05, 0) is 37.3 Å². The minimum Gasteiger partial charge on any atom is -0.481 e. The number of carbonyl (C=O) groups is 1. The van der Waals surface area contributed by atoms with Crippen LogP contribution in [0.15, 0.2) is 54.7 Å². The predicted octanol–water partition coefficient (Wildman–Crippen LogP) is 2.38. The fourth-order valence-electron chi connectivity index (χ4n) is 4.14. The largest absolute Gasteiger partial charge is 0.481 e. The number of nitriles is 1. The van der Waals surface area contributed by atoms with E-state index in [1.807, 2.05) is 31.2 Å². The third-order valence-electron chi connectivity index (χ3n) is 6.22. The Hall–Kier alpha value is -4.69. The molecule has 3 aromatic heterocycles. The highest BCUT2D eigenvalue weighted by Gasteiger charge is 2.36. The standard InChI is InChI=1S/C25H23N9O2/c1-15(33-11-18(12-33)24(35)36)20-7-3-6-19(28-20)13-34-14-23(31-32-34)22-9-21(29-25(27)30-22)17-5-2-4-16(8-17)10-26/h2-9,14-15,18H,11-13H2,1H3,(H,35,36)(H2,27,29,30)/t15-/m0/s1. The maximum absolute atomic E-state index is 11.1. The van der Waals surface area contributed by atoms with Crippen LogP contribution in [-0.4, -0.2) is 59.0 Å². The molecule has 4 heterocycles. The third kappa shape index (κ3) is 4.75. The van der Waals surface area contributed by atoms with Crippen LogP contribution in [0, 0.1) is 17.2 Å². The molecular formula is C25H23N9O2. The van der Waals surface area contributed by atoms with E-state index in [2.05, 4.69) is 31.2 Å². The summed E-state index contributed by atoms with van der Waals surface area (Å²) in [5, 5.41) is 26.8. The summed E-state index contributed by atoms with van der Waals surface area (Å²) in [4.78, 5) is 26.6. The molecule has 0 bridgehead atoms. The molecule has 1 aliphatic heterocycles. The van der Waals surface area contributed by atoms with E-state index in [-0.39, 0.29) is 17.9 Å². The molecular weight excluding hydrogens is 458 g/mol. The quantitative estimate of drug-likeness (QED) is 0.401. The maximum Gasteiger partial charge on any atom is 0.309 e. The number of anilines is 1. The van der Waals surface area contributed by atoms with E-state index < -0.39 is 5.97 Å². The Morgan fingerprint density at radius 3 is 2.69 bits per heavy atom. The summed E-state index contributed by atoms with van der Waals surface area (Å²) in [7, 11) is 0. The summed E-state index contributed by atoms with van der Waals surface area (Å²) in [6, 6.07) is 16.8. The minimum absolute atomic E-state index is 0.0220. The zero-order chi connectivity index (χ0) is 25.2. The molecule has 3 N–H and O–H groups in total. The topological polar surface area (TPSA) is 160 Å². The van der Waals surface area contributed by atoms with E-state index in [1.54, 1.807) is 35.1 Å². The van der Waals surface area contributed by atoms with Gasteiger partial charge >= 0.3 is 5.97 Å². The summed E-state index contributed by atoms with van der Waals surface area (Å²) in [6.07, 6.45) is 1.77. The highest BCUT2D eigenvalue weighted by atomic mass is 16.4. The van der Waals surface area contributed by atoms with Crippen molar-refractivity contribution in [2.45, 2.75) is 19.5 Å². The average molecular weight is 482 g/mol. The van der Waals surface area contributed by atoms with Gasteiger partial charge in [-0.25, -0.2) is 14.6 Å². The van der Waals surface area contributed by atoms with Crippen LogP contribution in [0.1, 0.15) is 29.9 Å². The Morgan fingerprint density at radius 1 is 1.14 bits per heavy atom. The Kier molecular flexibility index (Phi) is 6.10. The number of likely N-dealkylation sites (tertiary alicyclic amines) is 1. The number of aromatic nitrogens is 6. The first-order valence-corrected chi connectivity index (χ1v) is 11.4. The van der Waals surface area contributed by atoms with Gasteiger partial charge in [0.25, 0.3) is 0 Å². The number of hydrogen-bond acceptors (Lipinski definition) is 9. The molecule has 180 valence electrons. The van der Waals surface area contributed by atoms with E-state index in [0.717, 1.165) is 17.0 Å². The van der Waals surface area contributed by atoms with Crippen molar-refractivity contribution < 1.29 is 9.90 Å². The van der Waals surface area contributed by atoms with Crippen LogP contribution >= 0.6 is 0 Å². The smallest absolute Gasteiger partial charge is 0.309 e. The van der Waals surface area contributed by atoms with E-state index in [1.165, 1.54) is 0 Å². The van der Waals surface area contributed by atoms with Gasteiger partial charge in [0.2, 0.25) is 5.95 Å². The first-order chi connectivity index (χ1) is 17.4. The maximum atomic E-state index is 11.1. The second-order valence-corrected chi connectivity index (χ2v) is 8.71. The molecule has 11 nitrogen and oxygen atoms in total. The molecule has 4 aromatic rings. The lowest BCUT2D eigenvalue weighted by atomic mass is 9.97. The second-order valence-electron chi connectivity index (χ2n) is 8.71. The summed E-state index contributed by atoms with van der Waals surface area (Å²) < 4.78 is 1.67. The second kappa shape index (κ2) is 9.52. The van der Waals surface area contributed by atoms with Gasteiger partial charge in [-0.3, -0.25) is 14.7 Å². The molecule has 1 fully saturated rings. The van der Waals surface area contributed by atoms with Gasteiger partial charge in [0, 0.05) is 24.7 Å². The van der Waals surface area contributed by atoms with Crippen molar-refractivity contribution in [2.24, 2.45) is 5.92 Å². The highest BCUT2D eigenvalue weighted by molar-refractivity contribution is 5.71.